The van der Waals surface area contributed by atoms with Gasteiger partial charge in [-0.1, -0.05) is 32.9 Å². The second kappa shape index (κ2) is 13.2. The molecule has 0 saturated carbocycles. The molecular formula is C26H36FN3O5S. The number of hydrogen-bond acceptors (Lipinski definition) is 5. The molecule has 36 heavy (non-hydrogen) atoms. The summed E-state index contributed by atoms with van der Waals surface area (Å²) in [4.78, 5) is 28.0. The Bertz CT molecular complexity index is 1110. The molecule has 8 nitrogen and oxygen atoms in total. The van der Waals surface area contributed by atoms with Crippen LogP contribution in [0.15, 0.2) is 48.5 Å². The van der Waals surface area contributed by atoms with Gasteiger partial charge >= 0.3 is 0 Å². The Kier molecular flexibility index (Phi) is 10.7. The lowest BCUT2D eigenvalue weighted by Crippen LogP contribution is -2.52. The molecule has 2 amide bonds. The van der Waals surface area contributed by atoms with Gasteiger partial charge in [0, 0.05) is 13.1 Å². The molecule has 2 aromatic carbocycles. The Morgan fingerprint density at radius 3 is 2.14 bits per heavy atom. The topological polar surface area (TPSA) is 96.0 Å². The number of hydrogen-bond donors (Lipinski definition) is 1. The Labute approximate surface area is 213 Å². The molecule has 0 fully saturated rings. The Morgan fingerprint density at radius 2 is 1.64 bits per heavy atom. The van der Waals surface area contributed by atoms with Gasteiger partial charge in [-0.25, -0.2) is 12.8 Å². The van der Waals surface area contributed by atoms with Crippen molar-refractivity contribution in [2.24, 2.45) is 5.92 Å². The van der Waals surface area contributed by atoms with Crippen molar-refractivity contribution in [1.29, 1.82) is 0 Å². The third-order valence-corrected chi connectivity index (χ3v) is 6.59. The van der Waals surface area contributed by atoms with Crippen LogP contribution in [0.25, 0.3) is 0 Å². The van der Waals surface area contributed by atoms with Gasteiger partial charge in [0.2, 0.25) is 21.8 Å². The second-order valence-corrected chi connectivity index (χ2v) is 10.8. The molecule has 0 aliphatic rings. The Balaban J connectivity index is 2.39. The summed E-state index contributed by atoms with van der Waals surface area (Å²) in [6, 6.07) is 11.2. The van der Waals surface area contributed by atoms with E-state index in [-0.39, 0.29) is 18.4 Å². The number of nitrogens with zero attached hydrogens (tertiary/aromatic N) is 2. The number of halogens is 1. The fraction of sp³-hybridized carbons (Fsp3) is 0.462. The highest BCUT2D eigenvalue weighted by Gasteiger charge is 2.31. The van der Waals surface area contributed by atoms with Crippen molar-refractivity contribution in [2.75, 3.05) is 30.3 Å². The first kappa shape index (κ1) is 29.1. The number of nitrogens with one attached hydrogen (secondary N) is 1. The predicted octanol–water partition coefficient (Wildman–Crippen LogP) is 3.57. The Morgan fingerprint density at radius 1 is 1.03 bits per heavy atom. The van der Waals surface area contributed by atoms with Crippen LogP contribution < -0.4 is 14.4 Å². The fourth-order valence-corrected chi connectivity index (χ4v) is 4.47. The fourth-order valence-electron chi connectivity index (χ4n) is 3.62. The molecule has 0 saturated heterocycles. The first-order chi connectivity index (χ1) is 17.0. The molecule has 0 spiro atoms. The first-order valence-corrected chi connectivity index (χ1v) is 13.8. The summed E-state index contributed by atoms with van der Waals surface area (Å²) in [7, 11) is -3.83. The summed E-state index contributed by atoms with van der Waals surface area (Å²) < 4.78 is 45.2. The number of carbonyl (C=O) groups excluding carboxylic acids is 2. The zero-order valence-corrected chi connectivity index (χ0v) is 22.3. The molecule has 0 aliphatic carbocycles. The maximum atomic E-state index is 13.6. The molecule has 1 unspecified atom stereocenters. The molecule has 10 heteroatoms. The van der Waals surface area contributed by atoms with Crippen molar-refractivity contribution in [3.05, 3.63) is 59.9 Å². The number of ether oxygens (including phenoxy) is 1. The van der Waals surface area contributed by atoms with Crippen molar-refractivity contribution in [3.63, 3.8) is 0 Å². The van der Waals surface area contributed by atoms with Crippen LogP contribution in [0.4, 0.5) is 10.1 Å². The maximum Gasteiger partial charge on any atom is 0.244 e. The molecule has 0 aliphatic heterocycles. The zero-order valence-electron chi connectivity index (χ0n) is 21.5. The molecule has 1 atom stereocenters. The molecule has 0 heterocycles. The molecular weight excluding hydrogens is 485 g/mol. The van der Waals surface area contributed by atoms with E-state index in [2.05, 4.69) is 5.32 Å². The van der Waals surface area contributed by atoms with Crippen LogP contribution in [-0.2, 0) is 26.2 Å². The second-order valence-electron chi connectivity index (χ2n) is 8.91. The van der Waals surface area contributed by atoms with Gasteiger partial charge in [0.15, 0.2) is 0 Å². The molecule has 0 aromatic heterocycles. The molecule has 0 radical (unpaired) electrons. The van der Waals surface area contributed by atoms with Crippen molar-refractivity contribution in [2.45, 2.75) is 46.7 Å². The van der Waals surface area contributed by atoms with Gasteiger partial charge < -0.3 is 15.0 Å². The number of benzene rings is 2. The zero-order chi connectivity index (χ0) is 26.9. The van der Waals surface area contributed by atoms with Gasteiger partial charge in [0.05, 0.1) is 18.6 Å². The highest BCUT2D eigenvalue weighted by Crippen LogP contribution is 2.23. The molecule has 198 valence electrons. The van der Waals surface area contributed by atoms with E-state index in [9.17, 15) is 22.4 Å². The Hall–Kier alpha value is -3.14. The summed E-state index contributed by atoms with van der Waals surface area (Å²) >= 11 is 0. The van der Waals surface area contributed by atoms with Gasteiger partial charge in [-0.05, 0) is 61.2 Å². The van der Waals surface area contributed by atoms with E-state index in [4.69, 9.17) is 4.74 Å². The number of amides is 2. The highest BCUT2D eigenvalue weighted by molar-refractivity contribution is 7.92. The normalized spacial score (nSPS) is 12.2. The van der Waals surface area contributed by atoms with E-state index in [0.29, 0.717) is 36.6 Å². The predicted molar refractivity (Wildman–Crippen MR) is 139 cm³/mol. The summed E-state index contributed by atoms with van der Waals surface area (Å²) in [5, 5.41) is 2.86. The first-order valence-electron chi connectivity index (χ1n) is 12.0. The molecule has 2 rings (SSSR count). The van der Waals surface area contributed by atoms with E-state index < -0.39 is 34.3 Å². The van der Waals surface area contributed by atoms with Gasteiger partial charge in [-0.15, -0.1) is 0 Å². The van der Waals surface area contributed by atoms with Crippen LogP contribution in [0, 0.1) is 11.7 Å². The minimum atomic E-state index is -3.83. The average Bonchev–Trinajstić information content (AvgIpc) is 2.82. The lowest BCUT2D eigenvalue weighted by Gasteiger charge is -2.33. The lowest BCUT2D eigenvalue weighted by atomic mass is 10.1. The minimum absolute atomic E-state index is 0.0214. The summed E-state index contributed by atoms with van der Waals surface area (Å²) in [5.74, 6) is -0.504. The van der Waals surface area contributed by atoms with Crippen molar-refractivity contribution >= 4 is 27.5 Å². The standard InChI is InChI=1S/C26H36FN3O5S/c1-6-24(26(32)28-16-19(3)4)29(17-20-8-10-21(27)11-9-20)25(31)18-30(36(5,33)34)22-12-14-23(15-13-22)35-7-2/h8-15,19,24H,6-7,16-18H2,1-5H3,(H,28,32). The van der Waals surface area contributed by atoms with E-state index in [1.165, 1.54) is 29.2 Å². The van der Waals surface area contributed by atoms with Gasteiger partial charge in [-0.3, -0.25) is 13.9 Å². The monoisotopic (exact) mass is 521 g/mol. The SMILES string of the molecule is CCOc1ccc(N(CC(=O)N(Cc2ccc(F)cc2)C(CC)C(=O)NCC(C)C)S(C)(=O)=O)cc1. The van der Waals surface area contributed by atoms with Crippen LogP contribution >= 0.6 is 0 Å². The summed E-state index contributed by atoms with van der Waals surface area (Å²) in [5.41, 5.74) is 0.917. The smallest absolute Gasteiger partial charge is 0.244 e. The summed E-state index contributed by atoms with van der Waals surface area (Å²) in [6.45, 7) is 7.97. The van der Waals surface area contributed by atoms with Crippen LogP contribution in [0.2, 0.25) is 0 Å². The van der Waals surface area contributed by atoms with Gasteiger partial charge in [-0.2, -0.15) is 0 Å². The summed E-state index contributed by atoms with van der Waals surface area (Å²) in [6.07, 6.45) is 1.34. The molecule has 1 N–H and O–H groups in total. The maximum absolute atomic E-state index is 13.6. The quantitative estimate of drug-likeness (QED) is 0.435. The third-order valence-electron chi connectivity index (χ3n) is 5.45. The third kappa shape index (κ3) is 8.51. The minimum Gasteiger partial charge on any atom is -0.494 e. The van der Waals surface area contributed by atoms with Gasteiger partial charge in [0.25, 0.3) is 0 Å². The van der Waals surface area contributed by atoms with Crippen LogP contribution in [0.5, 0.6) is 5.75 Å². The van der Waals surface area contributed by atoms with E-state index >= 15 is 0 Å². The van der Waals surface area contributed by atoms with Crippen LogP contribution in [-0.4, -0.2) is 57.1 Å². The van der Waals surface area contributed by atoms with Gasteiger partial charge in [0.1, 0.15) is 24.2 Å². The largest absolute Gasteiger partial charge is 0.494 e. The molecule has 0 bridgehead atoms. The van der Waals surface area contributed by atoms with Crippen molar-refractivity contribution < 1.29 is 27.1 Å². The van der Waals surface area contributed by atoms with Crippen LogP contribution in [0.3, 0.4) is 0 Å². The number of anilines is 1. The van der Waals surface area contributed by atoms with Crippen LogP contribution in [0.1, 0.15) is 39.7 Å². The van der Waals surface area contributed by atoms with Crippen molar-refractivity contribution in [1.82, 2.24) is 10.2 Å². The molecule has 2 aromatic rings. The van der Waals surface area contributed by atoms with E-state index in [1.807, 2.05) is 20.8 Å². The number of rotatable bonds is 13. The number of sulfonamides is 1. The van der Waals surface area contributed by atoms with Crippen molar-refractivity contribution in [3.8, 4) is 5.75 Å². The lowest BCUT2D eigenvalue weighted by molar-refractivity contribution is -0.140. The average molecular weight is 522 g/mol. The van der Waals surface area contributed by atoms with E-state index in [1.54, 1.807) is 31.2 Å². The number of carbonyl (C=O) groups is 2. The highest BCUT2D eigenvalue weighted by atomic mass is 32.2. The van der Waals surface area contributed by atoms with E-state index in [0.717, 1.165) is 10.6 Å².